The van der Waals surface area contributed by atoms with Crippen LogP contribution in [0.5, 0.6) is 11.5 Å². The molecule has 1 aliphatic heterocycles. The van der Waals surface area contributed by atoms with Crippen LogP contribution in [0.1, 0.15) is 12.5 Å². The lowest BCUT2D eigenvalue weighted by Crippen LogP contribution is -2.31. The lowest BCUT2D eigenvalue weighted by Gasteiger charge is -2.16. The molecule has 0 fully saturated rings. The molecule has 0 N–H and O–H groups in total. The Bertz CT molecular complexity index is 858. The summed E-state index contributed by atoms with van der Waals surface area (Å²) in [5.74, 6) is 0.0973. The summed E-state index contributed by atoms with van der Waals surface area (Å²) < 4.78 is 10.7. The fraction of sp³-hybridized carbons (Fsp3) is 0.158. The lowest BCUT2D eigenvalue weighted by atomic mass is 10.1. The lowest BCUT2D eigenvalue weighted by molar-refractivity contribution is -0.119. The number of halogens is 1. The molecule has 2 aromatic rings. The Balaban J connectivity index is 1.99. The molecule has 6 heteroatoms. The number of rotatable bonds is 5. The highest BCUT2D eigenvalue weighted by Crippen LogP contribution is 2.38. The van der Waals surface area contributed by atoms with Crippen molar-refractivity contribution in [2.24, 2.45) is 0 Å². The SMILES string of the molecule is CCOc1ccc(N2C(=O)C(Cl)=C(c3ccccc3OC)C2=O)cc1. The molecule has 25 heavy (non-hydrogen) atoms. The standard InChI is InChI=1S/C19H16ClNO4/c1-3-25-13-10-8-12(9-11-13)21-18(22)16(17(20)19(21)23)14-6-4-5-7-15(14)24-2/h4-11H,3H2,1-2H3. The maximum atomic E-state index is 12.9. The highest BCUT2D eigenvalue weighted by Gasteiger charge is 2.40. The van der Waals surface area contributed by atoms with Crippen molar-refractivity contribution in [2.75, 3.05) is 18.6 Å². The molecule has 3 rings (SSSR count). The first-order valence-corrected chi connectivity index (χ1v) is 8.11. The number of methoxy groups -OCH3 is 1. The second kappa shape index (κ2) is 6.99. The van der Waals surface area contributed by atoms with Crippen LogP contribution >= 0.6 is 11.6 Å². The van der Waals surface area contributed by atoms with Crippen LogP contribution in [0.25, 0.3) is 5.57 Å². The van der Waals surface area contributed by atoms with Crippen molar-refractivity contribution in [2.45, 2.75) is 6.92 Å². The molecule has 2 aromatic carbocycles. The van der Waals surface area contributed by atoms with E-state index in [0.29, 0.717) is 29.4 Å². The topological polar surface area (TPSA) is 55.8 Å². The van der Waals surface area contributed by atoms with Crippen molar-refractivity contribution >= 4 is 34.7 Å². The second-order valence-electron chi connectivity index (χ2n) is 5.26. The van der Waals surface area contributed by atoms with Gasteiger partial charge in [0.05, 0.1) is 25.0 Å². The Morgan fingerprint density at radius 3 is 2.32 bits per heavy atom. The number of nitrogens with zero attached hydrogens (tertiary/aromatic N) is 1. The van der Waals surface area contributed by atoms with E-state index in [4.69, 9.17) is 21.1 Å². The first kappa shape index (κ1) is 17.0. The van der Waals surface area contributed by atoms with Gasteiger partial charge in [-0.1, -0.05) is 29.8 Å². The van der Waals surface area contributed by atoms with Crippen LogP contribution in [0.4, 0.5) is 5.69 Å². The zero-order chi connectivity index (χ0) is 18.0. The minimum absolute atomic E-state index is 0.122. The Morgan fingerprint density at radius 1 is 1.00 bits per heavy atom. The number of benzene rings is 2. The fourth-order valence-electron chi connectivity index (χ4n) is 2.68. The second-order valence-corrected chi connectivity index (χ2v) is 5.64. The summed E-state index contributed by atoms with van der Waals surface area (Å²) in [6.07, 6.45) is 0. The molecule has 128 valence electrons. The Morgan fingerprint density at radius 2 is 1.68 bits per heavy atom. The van der Waals surface area contributed by atoms with Gasteiger partial charge in [-0.25, -0.2) is 4.90 Å². The summed E-state index contributed by atoms with van der Waals surface area (Å²) in [4.78, 5) is 26.5. The summed E-state index contributed by atoms with van der Waals surface area (Å²) in [5.41, 5.74) is 1.06. The largest absolute Gasteiger partial charge is 0.496 e. The zero-order valence-electron chi connectivity index (χ0n) is 13.8. The highest BCUT2D eigenvalue weighted by atomic mass is 35.5. The Hall–Kier alpha value is -2.79. The Kier molecular flexibility index (Phi) is 4.76. The van der Waals surface area contributed by atoms with Crippen LogP contribution in [-0.2, 0) is 9.59 Å². The number of ether oxygens (including phenoxy) is 2. The number of anilines is 1. The van der Waals surface area contributed by atoms with Gasteiger partial charge in [-0.05, 0) is 37.3 Å². The average Bonchev–Trinajstić information content (AvgIpc) is 2.85. The van der Waals surface area contributed by atoms with Crippen LogP contribution in [-0.4, -0.2) is 25.5 Å². The summed E-state index contributed by atoms with van der Waals surface area (Å²) >= 11 is 6.20. The molecule has 0 atom stereocenters. The van der Waals surface area contributed by atoms with Gasteiger partial charge in [0.2, 0.25) is 0 Å². The van der Waals surface area contributed by atoms with Crippen LogP contribution in [0, 0.1) is 0 Å². The number of para-hydroxylation sites is 1. The normalized spacial score (nSPS) is 14.3. The van der Waals surface area contributed by atoms with E-state index in [1.54, 1.807) is 48.5 Å². The van der Waals surface area contributed by atoms with Crippen molar-refractivity contribution < 1.29 is 19.1 Å². The predicted octanol–water partition coefficient (Wildman–Crippen LogP) is 3.62. The van der Waals surface area contributed by atoms with Gasteiger partial charge < -0.3 is 9.47 Å². The van der Waals surface area contributed by atoms with Gasteiger partial charge in [0, 0.05) is 5.56 Å². The summed E-state index contributed by atoms with van der Waals surface area (Å²) in [7, 11) is 1.50. The molecule has 0 unspecified atom stereocenters. The van der Waals surface area contributed by atoms with Crippen molar-refractivity contribution in [1.82, 2.24) is 0 Å². The molecule has 2 amide bonds. The van der Waals surface area contributed by atoms with Gasteiger partial charge in [-0.3, -0.25) is 9.59 Å². The maximum Gasteiger partial charge on any atom is 0.277 e. The third-order valence-corrected chi connectivity index (χ3v) is 4.16. The van der Waals surface area contributed by atoms with Gasteiger partial charge in [-0.15, -0.1) is 0 Å². The minimum atomic E-state index is -0.559. The molecule has 5 nitrogen and oxygen atoms in total. The molecule has 0 saturated heterocycles. The molecule has 0 spiro atoms. The van der Waals surface area contributed by atoms with E-state index in [-0.39, 0.29) is 10.6 Å². The Labute approximate surface area is 150 Å². The molecule has 0 aliphatic carbocycles. The number of hydrogen-bond acceptors (Lipinski definition) is 4. The number of carbonyl (C=O) groups is 2. The van der Waals surface area contributed by atoms with Crippen molar-refractivity contribution in [3.63, 3.8) is 0 Å². The van der Waals surface area contributed by atoms with E-state index in [0.717, 1.165) is 4.90 Å². The van der Waals surface area contributed by atoms with E-state index in [1.165, 1.54) is 7.11 Å². The van der Waals surface area contributed by atoms with Gasteiger partial charge >= 0.3 is 0 Å². The van der Waals surface area contributed by atoms with Crippen LogP contribution in [0.2, 0.25) is 0 Å². The third kappa shape index (κ3) is 2.98. The molecule has 1 heterocycles. The smallest absolute Gasteiger partial charge is 0.277 e. The van der Waals surface area contributed by atoms with E-state index in [2.05, 4.69) is 0 Å². The molecular formula is C19H16ClNO4. The van der Waals surface area contributed by atoms with Crippen LogP contribution in [0.15, 0.2) is 53.6 Å². The van der Waals surface area contributed by atoms with Crippen LogP contribution in [0.3, 0.4) is 0 Å². The average molecular weight is 358 g/mol. The maximum absolute atomic E-state index is 12.9. The first-order valence-electron chi connectivity index (χ1n) is 7.73. The van der Waals surface area contributed by atoms with E-state index >= 15 is 0 Å². The third-order valence-electron chi connectivity index (χ3n) is 3.81. The van der Waals surface area contributed by atoms with E-state index < -0.39 is 11.8 Å². The van der Waals surface area contributed by atoms with Crippen LogP contribution < -0.4 is 14.4 Å². The van der Waals surface area contributed by atoms with Gasteiger partial charge in [0.15, 0.2) is 0 Å². The first-order chi connectivity index (χ1) is 12.1. The monoisotopic (exact) mass is 357 g/mol. The molecule has 0 saturated carbocycles. The quantitative estimate of drug-likeness (QED) is 0.767. The number of carbonyl (C=O) groups excluding carboxylic acids is 2. The number of hydrogen-bond donors (Lipinski definition) is 0. The van der Waals surface area contributed by atoms with Gasteiger partial charge in [0.1, 0.15) is 16.5 Å². The zero-order valence-corrected chi connectivity index (χ0v) is 14.5. The summed E-state index contributed by atoms with van der Waals surface area (Å²) in [5, 5.41) is -0.122. The molecular weight excluding hydrogens is 342 g/mol. The fourth-order valence-corrected chi connectivity index (χ4v) is 2.95. The summed E-state index contributed by atoms with van der Waals surface area (Å²) in [6, 6.07) is 13.6. The van der Waals surface area contributed by atoms with E-state index in [9.17, 15) is 9.59 Å². The molecule has 0 radical (unpaired) electrons. The molecule has 1 aliphatic rings. The highest BCUT2D eigenvalue weighted by molar-refractivity contribution is 6.60. The number of imide groups is 1. The minimum Gasteiger partial charge on any atom is -0.496 e. The number of amides is 2. The predicted molar refractivity (Wildman–Crippen MR) is 95.9 cm³/mol. The van der Waals surface area contributed by atoms with Crippen molar-refractivity contribution in [3.05, 3.63) is 59.1 Å². The molecule has 0 bridgehead atoms. The summed E-state index contributed by atoms with van der Waals surface area (Å²) in [6.45, 7) is 2.41. The van der Waals surface area contributed by atoms with E-state index in [1.807, 2.05) is 6.92 Å². The van der Waals surface area contributed by atoms with Crippen molar-refractivity contribution in [1.29, 1.82) is 0 Å². The van der Waals surface area contributed by atoms with Crippen molar-refractivity contribution in [3.8, 4) is 11.5 Å². The van der Waals surface area contributed by atoms with Gasteiger partial charge in [-0.2, -0.15) is 0 Å². The molecule has 0 aromatic heterocycles. The van der Waals surface area contributed by atoms with Gasteiger partial charge in [0.25, 0.3) is 11.8 Å².